The average molecular weight is 268 g/mol. The molecule has 6 heteroatoms. The molecule has 1 unspecified atom stereocenters. The summed E-state index contributed by atoms with van der Waals surface area (Å²) in [4.78, 5) is 10.9. The Morgan fingerprint density at radius 2 is 2.39 bits per heavy atom. The van der Waals surface area contributed by atoms with Crippen molar-refractivity contribution in [1.82, 2.24) is 9.97 Å². The van der Waals surface area contributed by atoms with Gasteiger partial charge in [-0.05, 0) is 26.0 Å². The summed E-state index contributed by atoms with van der Waals surface area (Å²) in [6, 6.07) is 1.83. The van der Waals surface area contributed by atoms with Gasteiger partial charge in [-0.3, -0.25) is 0 Å². The number of nitrogens with zero attached hydrogens (tertiary/aromatic N) is 3. The van der Waals surface area contributed by atoms with Crippen LogP contribution in [0.25, 0.3) is 0 Å². The molecule has 1 aliphatic rings. The molecule has 0 amide bonds. The maximum atomic E-state index is 5.81. The molecule has 100 valence electrons. The van der Waals surface area contributed by atoms with Crippen molar-refractivity contribution in [2.75, 3.05) is 36.6 Å². The van der Waals surface area contributed by atoms with Gasteiger partial charge in [0.15, 0.2) is 5.16 Å². The summed E-state index contributed by atoms with van der Waals surface area (Å²) in [7, 11) is 0. The molecule has 2 heterocycles. The van der Waals surface area contributed by atoms with Crippen LogP contribution in [0.2, 0.25) is 0 Å². The van der Waals surface area contributed by atoms with Gasteiger partial charge in [0.2, 0.25) is 0 Å². The van der Waals surface area contributed by atoms with E-state index >= 15 is 0 Å². The van der Waals surface area contributed by atoms with E-state index in [4.69, 9.17) is 10.5 Å². The molecule has 1 aliphatic heterocycles. The van der Waals surface area contributed by atoms with Crippen molar-refractivity contribution in [3.05, 3.63) is 6.07 Å². The minimum absolute atomic E-state index is 0.318. The van der Waals surface area contributed by atoms with E-state index < -0.39 is 0 Å². The Labute approximate surface area is 112 Å². The highest BCUT2D eigenvalue weighted by Gasteiger charge is 2.19. The van der Waals surface area contributed by atoms with Gasteiger partial charge in [0.25, 0.3) is 0 Å². The monoisotopic (exact) mass is 268 g/mol. The van der Waals surface area contributed by atoms with Crippen molar-refractivity contribution >= 4 is 23.4 Å². The van der Waals surface area contributed by atoms with E-state index in [1.165, 1.54) is 11.8 Å². The third-order valence-corrected chi connectivity index (χ3v) is 3.60. The molecule has 1 fully saturated rings. The molecular weight excluding hydrogens is 248 g/mol. The van der Waals surface area contributed by atoms with Crippen LogP contribution in [0.3, 0.4) is 0 Å². The normalized spacial score (nSPS) is 19.1. The molecule has 0 radical (unpaired) electrons. The third-order valence-electron chi connectivity index (χ3n) is 3.05. The summed E-state index contributed by atoms with van der Waals surface area (Å²) in [5.74, 6) is 1.42. The molecule has 2 N–H and O–H groups in total. The Kier molecular flexibility index (Phi) is 4.66. The van der Waals surface area contributed by atoms with Crippen LogP contribution in [0.5, 0.6) is 0 Å². The van der Waals surface area contributed by atoms with Crippen molar-refractivity contribution < 1.29 is 4.74 Å². The highest BCUT2D eigenvalue weighted by molar-refractivity contribution is 7.98. The highest BCUT2D eigenvalue weighted by atomic mass is 32.2. The van der Waals surface area contributed by atoms with Crippen molar-refractivity contribution in [3.8, 4) is 0 Å². The van der Waals surface area contributed by atoms with Crippen LogP contribution in [0.1, 0.15) is 19.8 Å². The Morgan fingerprint density at radius 1 is 1.56 bits per heavy atom. The van der Waals surface area contributed by atoms with E-state index in [0.717, 1.165) is 43.5 Å². The van der Waals surface area contributed by atoms with E-state index in [2.05, 4.69) is 21.8 Å². The Bertz CT molecular complexity index is 396. The van der Waals surface area contributed by atoms with E-state index in [0.29, 0.717) is 11.9 Å². The van der Waals surface area contributed by atoms with Crippen LogP contribution in [-0.4, -0.2) is 42.0 Å². The summed E-state index contributed by atoms with van der Waals surface area (Å²) in [6.45, 7) is 4.76. The predicted octanol–water partition coefficient (Wildman–Crippen LogP) is 1.79. The standard InChI is InChI=1S/C12H20N4OS/c1-3-16(8-9-5-4-6-17-9)11-7-10(13)14-12(15-11)18-2/h7,9H,3-6,8H2,1-2H3,(H2,13,14,15). The van der Waals surface area contributed by atoms with Gasteiger partial charge in [0, 0.05) is 25.8 Å². The number of anilines is 2. The highest BCUT2D eigenvalue weighted by Crippen LogP contribution is 2.21. The van der Waals surface area contributed by atoms with Gasteiger partial charge >= 0.3 is 0 Å². The van der Waals surface area contributed by atoms with Crippen LogP contribution in [-0.2, 0) is 4.74 Å². The number of aromatic nitrogens is 2. The minimum Gasteiger partial charge on any atom is -0.383 e. The fourth-order valence-electron chi connectivity index (χ4n) is 2.10. The zero-order valence-electron chi connectivity index (χ0n) is 10.9. The lowest BCUT2D eigenvalue weighted by Gasteiger charge is -2.25. The number of hydrogen-bond acceptors (Lipinski definition) is 6. The van der Waals surface area contributed by atoms with Gasteiger partial charge in [0.1, 0.15) is 11.6 Å². The minimum atomic E-state index is 0.318. The van der Waals surface area contributed by atoms with Gasteiger partial charge in [-0.15, -0.1) is 0 Å². The lowest BCUT2D eigenvalue weighted by Crippen LogP contribution is -2.32. The maximum absolute atomic E-state index is 5.81. The second kappa shape index (κ2) is 6.24. The first-order valence-corrected chi connectivity index (χ1v) is 7.50. The molecule has 1 aromatic heterocycles. The molecule has 0 spiro atoms. The molecule has 1 saturated heterocycles. The third kappa shape index (κ3) is 3.26. The van der Waals surface area contributed by atoms with E-state index in [1.54, 1.807) is 0 Å². The number of thioether (sulfide) groups is 1. The quantitative estimate of drug-likeness (QED) is 0.649. The molecule has 1 aromatic rings. The number of hydrogen-bond donors (Lipinski definition) is 1. The summed E-state index contributed by atoms with van der Waals surface area (Å²) in [6.07, 6.45) is 4.56. The average Bonchev–Trinajstić information content (AvgIpc) is 2.88. The molecule has 5 nitrogen and oxygen atoms in total. The summed E-state index contributed by atoms with van der Waals surface area (Å²) in [5.41, 5.74) is 5.81. The van der Waals surface area contributed by atoms with Crippen LogP contribution >= 0.6 is 11.8 Å². The van der Waals surface area contributed by atoms with Crippen molar-refractivity contribution in [2.45, 2.75) is 31.0 Å². The van der Waals surface area contributed by atoms with Crippen LogP contribution in [0, 0.1) is 0 Å². The Morgan fingerprint density at radius 3 is 3.00 bits per heavy atom. The zero-order valence-corrected chi connectivity index (χ0v) is 11.7. The molecular formula is C12H20N4OS. The smallest absolute Gasteiger partial charge is 0.191 e. The largest absolute Gasteiger partial charge is 0.383 e. The van der Waals surface area contributed by atoms with Crippen molar-refractivity contribution in [1.29, 1.82) is 0 Å². The van der Waals surface area contributed by atoms with Gasteiger partial charge in [-0.1, -0.05) is 11.8 Å². The number of nitrogen functional groups attached to an aromatic ring is 1. The van der Waals surface area contributed by atoms with Crippen LogP contribution in [0.4, 0.5) is 11.6 Å². The summed E-state index contributed by atoms with van der Waals surface area (Å²) in [5, 5.41) is 0.718. The maximum Gasteiger partial charge on any atom is 0.191 e. The predicted molar refractivity (Wildman–Crippen MR) is 75.1 cm³/mol. The summed E-state index contributed by atoms with van der Waals surface area (Å²) < 4.78 is 5.67. The lowest BCUT2D eigenvalue weighted by molar-refractivity contribution is 0.115. The molecule has 0 bridgehead atoms. The fourth-order valence-corrected chi connectivity index (χ4v) is 2.48. The Hall–Kier alpha value is -1.01. The van der Waals surface area contributed by atoms with E-state index in [1.807, 2.05) is 12.3 Å². The molecule has 0 aliphatic carbocycles. The molecule has 2 rings (SSSR count). The van der Waals surface area contributed by atoms with Gasteiger partial charge in [0.05, 0.1) is 6.10 Å². The van der Waals surface area contributed by atoms with Crippen LogP contribution in [0.15, 0.2) is 11.2 Å². The summed E-state index contributed by atoms with van der Waals surface area (Å²) >= 11 is 1.51. The van der Waals surface area contributed by atoms with Crippen LogP contribution < -0.4 is 10.6 Å². The lowest BCUT2D eigenvalue weighted by atomic mass is 10.2. The zero-order chi connectivity index (χ0) is 13.0. The first-order valence-electron chi connectivity index (χ1n) is 6.28. The number of rotatable bonds is 5. The first kappa shape index (κ1) is 13.4. The second-order valence-corrected chi connectivity index (χ2v) is 5.08. The first-order chi connectivity index (χ1) is 8.72. The Balaban J connectivity index is 2.12. The molecule has 18 heavy (non-hydrogen) atoms. The van der Waals surface area contributed by atoms with Gasteiger partial charge < -0.3 is 15.4 Å². The van der Waals surface area contributed by atoms with Gasteiger partial charge in [-0.2, -0.15) is 0 Å². The SMILES string of the molecule is CCN(CC1CCCO1)c1cc(N)nc(SC)n1. The fraction of sp³-hybridized carbons (Fsp3) is 0.667. The molecule has 0 saturated carbocycles. The molecule has 0 aromatic carbocycles. The number of ether oxygens (including phenoxy) is 1. The topological polar surface area (TPSA) is 64.3 Å². The van der Waals surface area contributed by atoms with Crippen molar-refractivity contribution in [3.63, 3.8) is 0 Å². The molecule has 1 atom stereocenters. The van der Waals surface area contributed by atoms with E-state index in [9.17, 15) is 0 Å². The van der Waals surface area contributed by atoms with Gasteiger partial charge in [-0.25, -0.2) is 9.97 Å². The van der Waals surface area contributed by atoms with Crippen molar-refractivity contribution in [2.24, 2.45) is 0 Å². The van der Waals surface area contributed by atoms with E-state index in [-0.39, 0.29) is 0 Å². The number of likely N-dealkylation sites (N-methyl/N-ethyl adjacent to an activating group) is 1. The number of nitrogens with two attached hydrogens (primary N) is 1. The second-order valence-electron chi connectivity index (χ2n) is 4.31.